The van der Waals surface area contributed by atoms with Gasteiger partial charge in [0.25, 0.3) is 0 Å². The molecule has 1 aliphatic heterocycles. The van der Waals surface area contributed by atoms with E-state index in [2.05, 4.69) is 12.2 Å². The third kappa shape index (κ3) is 3.96. The van der Waals surface area contributed by atoms with Crippen molar-refractivity contribution < 1.29 is 13.2 Å². The number of carbonyl (C=O) groups excluding carboxylic acids is 1. The van der Waals surface area contributed by atoms with Crippen molar-refractivity contribution >= 4 is 26.8 Å². The molecule has 28 heavy (non-hydrogen) atoms. The van der Waals surface area contributed by atoms with Crippen molar-refractivity contribution in [2.45, 2.75) is 62.9 Å². The fraction of sp³-hybridized carbons (Fsp3) is 0.571. The van der Waals surface area contributed by atoms with Crippen molar-refractivity contribution in [1.82, 2.24) is 14.2 Å². The molecule has 0 atom stereocenters. The summed E-state index contributed by atoms with van der Waals surface area (Å²) in [6, 6.07) is 7.40. The van der Waals surface area contributed by atoms with Gasteiger partial charge in [0.1, 0.15) is 6.54 Å². The maximum Gasteiger partial charge on any atom is 0.243 e. The van der Waals surface area contributed by atoms with E-state index in [0.717, 1.165) is 36.6 Å². The van der Waals surface area contributed by atoms with Gasteiger partial charge in [-0.05, 0) is 55.9 Å². The van der Waals surface area contributed by atoms with Crippen molar-refractivity contribution in [2.24, 2.45) is 5.92 Å². The van der Waals surface area contributed by atoms with Crippen molar-refractivity contribution in [1.29, 1.82) is 0 Å². The quantitative estimate of drug-likeness (QED) is 0.834. The molecule has 0 unspecified atom stereocenters. The third-order valence-electron chi connectivity index (χ3n) is 6.16. The first-order valence-corrected chi connectivity index (χ1v) is 11.8. The van der Waals surface area contributed by atoms with Gasteiger partial charge in [-0.3, -0.25) is 4.79 Å². The van der Waals surface area contributed by atoms with Crippen LogP contribution in [-0.2, 0) is 21.4 Å². The highest BCUT2D eigenvalue weighted by Gasteiger charge is 2.28. The van der Waals surface area contributed by atoms with Crippen LogP contribution in [0.5, 0.6) is 0 Å². The molecule has 1 N–H and O–H groups in total. The summed E-state index contributed by atoms with van der Waals surface area (Å²) >= 11 is 0. The highest BCUT2D eigenvalue weighted by atomic mass is 32.2. The number of amides is 1. The number of nitrogens with zero attached hydrogens (tertiary/aromatic N) is 2. The van der Waals surface area contributed by atoms with E-state index in [-0.39, 0.29) is 12.5 Å². The largest absolute Gasteiger partial charge is 0.352 e. The number of benzene rings is 1. The minimum Gasteiger partial charge on any atom is -0.352 e. The molecule has 7 heteroatoms. The lowest BCUT2D eigenvalue weighted by Crippen LogP contribution is -2.37. The van der Waals surface area contributed by atoms with Gasteiger partial charge in [-0.15, -0.1) is 0 Å². The Labute approximate surface area is 166 Å². The van der Waals surface area contributed by atoms with E-state index >= 15 is 0 Å². The molecule has 0 bridgehead atoms. The first-order chi connectivity index (χ1) is 13.4. The maximum atomic E-state index is 13.0. The van der Waals surface area contributed by atoms with Gasteiger partial charge in [-0.2, -0.15) is 4.31 Å². The second-order valence-electron chi connectivity index (χ2n) is 8.30. The van der Waals surface area contributed by atoms with Crippen LogP contribution in [0.25, 0.3) is 10.9 Å². The fourth-order valence-corrected chi connectivity index (χ4v) is 5.85. The first-order valence-electron chi connectivity index (χ1n) is 10.3. The van der Waals surface area contributed by atoms with Crippen molar-refractivity contribution in [3.8, 4) is 0 Å². The van der Waals surface area contributed by atoms with Gasteiger partial charge in [-0.1, -0.05) is 19.8 Å². The molecule has 1 aliphatic carbocycles. The Morgan fingerprint density at radius 1 is 1.11 bits per heavy atom. The molecule has 6 nitrogen and oxygen atoms in total. The summed E-state index contributed by atoms with van der Waals surface area (Å²) in [5.41, 5.74) is 0.882. The van der Waals surface area contributed by atoms with E-state index in [1.54, 1.807) is 16.4 Å². The fourth-order valence-electron chi connectivity index (χ4n) is 4.35. The number of hydrogen-bond acceptors (Lipinski definition) is 3. The van der Waals surface area contributed by atoms with E-state index in [9.17, 15) is 13.2 Å². The predicted molar refractivity (Wildman–Crippen MR) is 109 cm³/mol. The van der Waals surface area contributed by atoms with E-state index in [1.165, 1.54) is 12.8 Å². The normalized spacial score (nSPS) is 20.0. The number of hydrogen-bond donors (Lipinski definition) is 1. The molecular formula is C21H29N3O3S. The third-order valence-corrected chi connectivity index (χ3v) is 8.05. The monoisotopic (exact) mass is 403 g/mol. The predicted octanol–water partition coefficient (Wildman–Crippen LogP) is 3.12. The van der Waals surface area contributed by atoms with E-state index < -0.39 is 10.0 Å². The highest BCUT2D eigenvalue weighted by Crippen LogP contribution is 2.26. The number of carbonyl (C=O) groups is 1. The van der Waals surface area contributed by atoms with E-state index in [4.69, 9.17) is 0 Å². The number of rotatable bonds is 5. The van der Waals surface area contributed by atoms with Crippen LogP contribution in [0, 0.1) is 5.92 Å². The molecule has 2 heterocycles. The zero-order chi connectivity index (χ0) is 19.7. The molecule has 2 aromatic rings. The second-order valence-corrected chi connectivity index (χ2v) is 10.2. The second kappa shape index (κ2) is 7.87. The number of piperidine rings is 1. The summed E-state index contributed by atoms with van der Waals surface area (Å²) in [4.78, 5) is 12.7. The number of sulfonamides is 1. The van der Waals surface area contributed by atoms with Crippen LogP contribution in [-0.4, -0.2) is 42.3 Å². The number of fused-ring (bicyclic) bond motifs is 1. The zero-order valence-corrected chi connectivity index (χ0v) is 17.2. The SMILES string of the molecule is CC1CCN(S(=O)(=O)c2ccc3c(ccn3CC(=O)NC3CCCC3)c2)CC1. The Morgan fingerprint density at radius 3 is 2.54 bits per heavy atom. The average Bonchev–Trinajstić information content (AvgIpc) is 3.32. The summed E-state index contributed by atoms with van der Waals surface area (Å²) in [7, 11) is -3.46. The summed E-state index contributed by atoms with van der Waals surface area (Å²) in [5, 5.41) is 3.95. The molecule has 1 aromatic carbocycles. The summed E-state index contributed by atoms with van der Waals surface area (Å²) in [6.45, 7) is 3.60. The summed E-state index contributed by atoms with van der Waals surface area (Å²) in [5.74, 6) is 0.599. The molecule has 0 radical (unpaired) electrons. The van der Waals surface area contributed by atoms with Crippen molar-refractivity contribution in [3.05, 3.63) is 30.5 Å². The molecule has 1 saturated heterocycles. The maximum absolute atomic E-state index is 13.0. The Bertz CT molecular complexity index is 952. The lowest BCUT2D eigenvalue weighted by molar-refractivity contribution is -0.122. The molecule has 4 rings (SSSR count). The molecular weight excluding hydrogens is 374 g/mol. The Morgan fingerprint density at radius 2 is 1.82 bits per heavy atom. The van der Waals surface area contributed by atoms with Gasteiger partial charge in [0.2, 0.25) is 15.9 Å². The number of nitrogens with one attached hydrogen (secondary N) is 1. The van der Waals surface area contributed by atoms with Gasteiger partial charge >= 0.3 is 0 Å². The van der Waals surface area contributed by atoms with Gasteiger partial charge in [0.15, 0.2) is 0 Å². The minimum atomic E-state index is -3.46. The average molecular weight is 404 g/mol. The highest BCUT2D eigenvalue weighted by molar-refractivity contribution is 7.89. The van der Waals surface area contributed by atoms with Crippen LogP contribution in [0.4, 0.5) is 0 Å². The molecule has 152 valence electrons. The van der Waals surface area contributed by atoms with Crippen LogP contribution in [0.3, 0.4) is 0 Å². The Balaban J connectivity index is 1.50. The van der Waals surface area contributed by atoms with Crippen LogP contribution in [0.2, 0.25) is 0 Å². The van der Waals surface area contributed by atoms with Crippen LogP contribution >= 0.6 is 0 Å². The van der Waals surface area contributed by atoms with Crippen molar-refractivity contribution in [3.63, 3.8) is 0 Å². The van der Waals surface area contributed by atoms with Crippen molar-refractivity contribution in [2.75, 3.05) is 13.1 Å². The molecule has 1 aromatic heterocycles. The van der Waals surface area contributed by atoms with Crippen LogP contribution < -0.4 is 5.32 Å². The Kier molecular flexibility index (Phi) is 5.47. The lowest BCUT2D eigenvalue weighted by Gasteiger charge is -2.29. The number of aromatic nitrogens is 1. The minimum absolute atomic E-state index is 0.0172. The summed E-state index contributed by atoms with van der Waals surface area (Å²) in [6.07, 6.45) is 8.18. The molecule has 0 spiro atoms. The van der Waals surface area contributed by atoms with Gasteiger partial charge < -0.3 is 9.88 Å². The van der Waals surface area contributed by atoms with E-state index in [0.29, 0.717) is 29.9 Å². The first kappa shape index (κ1) is 19.5. The standard InChI is InChI=1S/C21H29N3O3S/c1-16-8-12-24(13-9-16)28(26,27)19-6-7-20-17(14-19)10-11-23(20)15-21(25)22-18-4-2-3-5-18/h6-7,10-11,14,16,18H,2-5,8-9,12-13,15H2,1H3,(H,22,25). The topological polar surface area (TPSA) is 71.4 Å². The molecule has 1 saturated carbocycles. The smallest absolute Gasteiger partial charge is 0.243 e. The van der Waals surface area contributed by atoms with Gasteiger partial charge in [0.05, 0.1) is 4.90 Å². The Hall–Kier alpha value is -1.86. The molecule has 2 fully saturated rings. The van der Waals surface area contributed by atoms with Gasteiger partial charge in [-0.25, -0.2) is 8.42 Å². The lowest BCUT2D eigenvalue weighted by atomic mass is 10.0. The summed E-state index contributed by atoms with van der Waals surface area (Å²) < 4.78 is 29.4. The van der Waals surface area contributed by atoms with Crippen LogP contribution in [0.1, 0.15) is 45.4 Å². The van der Waals surface area contributed by atoms with E-state index in [1.807, 2.05) is 22.9 Å². The molecule has 1 amide bonds. The zero-order valence-electron chi connectivity index (χ0n) is 16.4. The van der Waals surface area contributed by atoms with Crippen LogP contribution in [0.15, 0.2) is 35.4 Å². The molecule has 2 aliphatic rings. The van der Waals surface area contributed by atoms with Gasteiger partial charge in [0, 0.05) is 36.2 Å².